The zero-order valence-corrected chi connectivity index (χ0v) is 11.0. The van der Waals surface area contributed by atoms with Gasteiger partial charge in [-0.2, -0.15) is 0 Å². The molecule has 2 aromatic rings. The van der Waals surface area contributed by atoms with Crippen LogP contribution in [0, 0.1) is 6.92 Å². The molecule has 4 heteroatoms. The van der Waals surface area contributed by atoms with E-state index in [1.807, 2.05) is 32.0 Å². The summed E-state index contributed by atoms with van der Waals surface area (Å²) in [6.45, 7) is 4.68. The van der Waals surface area contributed by atoms with Crippen molar-refractivity contribution in [2.75, 3.05) is 13.4 Å². The van der Waals surface area contributed by atoms with E-state index < -0.39 is 5.97 Å². The number of carboxylic acid groups (broad SMARTS) is 1. The first-order valence-corrected chi connectivity index (χ1v) is 6.10. The smallest absolute Gasteiger partial charge is 0.335 e. The molecular formula is C15H16O4. The molecule has 2 aromatic carbocycles. The van der Waals surface area contributed by atoms with Gasteiger partial charge in [0.1, 0.15) is 5.75 Å². The molecule has 0 fully saturated rings. The Hall–Kier alpha value is -2.07. The second kappa shape index (κ2) is 5.71. The Balaban J connectivity index is 2.36. The summed E-state index contributed by atoms with van der Waals surface area (Å²) in [6.07, 6.45) is 0. The van der Waals surface area contributed by atoms with E-state index in [0.29, 0.717) is 6.61 Å². The van der Waals surface area contributed by atoms with Crippen molar-refractivity contribution in [2.45, 2.75) is 13.8 Å². The summed E-state index contributed by atoms with van der Waals surface area (Å²) in [5, 5.41) is 10.8. The fourth-order valence-corrected chi connectivity index (χ4v) is 1.94. The SMILES string of the molecule is CCOCOc1ccc2cc(C(=O)O)ccc2c1C. The van der Waals surface area contributed by atoms with Gasteiger partial charge >= 0.3 is 5.97 Å². The molecule has 0 radical (unpaired) electrons. The van der Waals surface area contributed by atoms with E-state index in [2.05, 4.69) is 0 Å². The minimum Gasteiger partial charge on any atom is -0.478 e. The molecule has 0 aliphatic rings. The van der Waals surface area contributed by atoms with Gasteiger partial charge in [-0.1, -0.05) is 12.1 Å². The van der Waals surface area contributed by atoms with Gasteiger partial charge in [-0.15, -0.1) is 0 Å². The number of aryl methyl sites for hydroxylation is 1. The third kappa shape index (κ3) is 2.85. The summed E-state index contributed by atoms with van der Waals surface area (Å²) < 4.78 is 10.7. The first-order chi connectivity index (χ1) is 9.13. The van der Waals surface area contributed by atoms with Crippen LogP contribution in [-0.4, -0.2) is 24.5 Å². The van der Waals surface area contributed by atoms with Crippen LogP contribution in [0.15, 0.2) is 30.3 Å². The van der Waals surface area contributed by atoms with Crippen molar-refractivity contribution in [2.24, 2.45) is 0 Å². The van der Waals surface area contributed by atoms with Crippen molar-refractivity contribution < 1.29 is 19.4 Å². The lowest BCUT2D eigenvalue weighted by atomic mass is 10.0. The molecule has 0 saturated heterocycles. The van der Waals surface area contributed by atoms with Crippen LogP contribution in [0.1, 0.15) is 22.8 Å². The van der Waals surface area contributed by atoms with E-state index in [-0.39, 0.29) is 12.4 Å². The molecule has 0 heterocycles. The first-order valence-electron chi connectivity index (χ1n) is 6.10. The number of rotatable bonds is 5. The van der Waals surface area contributed by atoms with Crippen LogP contribution < -0.4 is 4.74 Å². The highest BCUT2D eigenvalue weighted by Crippen LogP contribution is 2.28. The van der Waals surface area contributed by atoms with Crippen molar-refractivity contribution in [3.8, 4) is 5.75 Å². The van der Waals surface area contributed by atoms with Gasteiger partial charge in [0.2, 0.25) is 0 Å². The number of carbonyl (C=O) groups is 1. The number of aromatic carboxylic acids is 1. The second-order valence-corrected chi connectivity index (χ2v) is 4.18. The average molecular weight is 260 g/mol. The molecule has 0 amide bonds. The van der Waals surface area contributed by atoms with E-state index in [4.69, 9.17) is 14.6 Å². The van der Waals surface area contributed by atoms with Crippen LogP contribution in [-0.2, 0) is 4.74 Å². The number of hydrogen-bond acceptors (Lipinski definition) is 3. The largest absolute Gasteiger partial charge is 0.478 e. The standard InChI is InChI=1S/C15H16O4/c1-3-18-9-19-14-7-5-11-8-12(15(16)17)4-6-13(11)10(14)2/h4-8H,3,9H2,1-2H3,(H,16,17). The Kier molecular flexibility index (Phi) is 4.02. The molecule has 19 heavy (non-hydrogen) atoms. The molecule has 0 unspecified atom stereocenters. The van der Waals surface area contributed by atoms with Gasteiger partial charge in [0.15, 0.2) is 6.79 Å². The normalized spacial score (nSPS) is 10.6. The zero-order chi connectivity index (χ0) is 13.8. The average Bonchev–Trinajstić information content (AvgIpc) is 2.41. The van der Waals surface area contributed by atoms with Crippen LogP contribution in [0.5, 0.6) is 5.75 Å². The van der Waals surface area contributed by atoms with Gasteiger partial charge in [0.25, 0.3) is 0 Å². The summed E-state index contributed by atoms with van der Waals surface area (Å²) in [5.74, 6) is -0.166. The molecule has 4 nitrogen and oxygen atoms in total. The lowest BCUT2D eigenvalue weighted by Gasteiger charge is -2.11. The molecule has 0 atom stereocenters. The molecule has 1 N–H and O–H groups in total. The minimum absolute atomic E-state index is 0.218. The van der Waals surface area contributed by atoms with Crippen molar-refractivity contribution in [1.29, 1.82) is 0 Å². The van der Waals surface area contributed by atoms with Crippen LogP contribution in [0.25, 0.3) is 10.8 Å². The summed E-state index contributed by atoms with van der Waals surface area (Å²) >= 11 is 0. The van der Waals surface area contributed by atoms with Gasteiger partial charge in [-0.3, -0.25) is 0 Å². The molecule has 0 spiro atoms. The lowest BCUT2D eigenvalue weighted by molar-refractivity contribution is 0.0221. The zero-order valence-electron chi connectivity index (χ0n) is 11.0. The van der Waals surface area contributed by atoms with Crippen molar-refractivity contribution in [3.63, 3.8) is 0 Å². The van der Waals surface area contributed by atoms with Crippen LogP contribution >= 0.6 is 0 Å². The topological polar surface area (TPSA) is 55.8 Å². The Labute approximate surface area is 111 Å². The maximum absolute atomic E-state index is 10.9. The molecule has 2 rings (SSSR count). The predicted molar refractivity (Wildman–Crippen MR) is 72.8 cm³/mol. The van der Waals surface area contributed by atoms with E-state index in [1.54, 1.807) is 12.1 Å². The number of ether oxygens (including phenoxy) is 2. The molecule has 0 aliphatic carbocycles. The second-order valence-electron chi connectivity index (χ2n) is 4.18. The Morgan fingerprint density at radius 2 is 2.05 bits per heavy atom. The van der Waals surface area contributed by atoms with E-state index >= 15 is 0 Å². The number of carboxylic acids is 1. The fourth-order valence-electron chi connectivity index (χ4n) is 1.94. The van der Waals surface area contributed by atoms with Gasteiger partial charge in [0.05, 0.1) is 5.56 Å². The minimum atomic E-state index is -0.920. The highest BCUT2D eigenvalue weighted by molar-refractivity contribution is 5.96. The van der Waals surface area contributed by atoms with Crippen molar-refractivity contribution in [3.05, 3.63) is 41.5 Å². The van der Waals surface area contributed by atoms with Crippen LogP contribution in [0.3, 0.4) is 0 Å². The number of hydrogen-bond donors (Lipinski definition) is 1. The molecule has 100 valence electrons. The molecule has 0 aromatic heterocycles. The maximum atomic E-state index is 10.9. The number of fused-ring (bicyclic) bond motifs is 1. The summed E-state index contributed by atoms with van der Waals surface area (Å²) in [5.41, 5.74) is 1.27. The van der Waals surface area contributed by atoms with E-state index in [0.717, 1.165) is 22.1 Å². The van der Waals surface area contributed by atoms with Crippen LogP contribution in [0.4, 0.5) is 0 Å². The first kappa shape index (κ1) is 13.4. The fraction of sp³-hybridized carbons (Fsp3) is 0.267. The maximum Gasteiger partial charge on any atom is 0.335 e. The highest BCUT2D eigenvalue weighted by atomic mass is 16.7. The summed E-state index contributed by atoms with van der Waals surface area (Å²) in [6, 6.07) is 8.76. The van der Waals surface area contributed by atoms with Gasteiger partial charge in [-0.25, -0.2) is 4.79 Å². The molecule has 0 bridgehead atoms. The van der Waals surface area contributed by atoms with Gasteiger partial charge in [-0.05, 0) is 48.4 Å². The Bertz CT molecular complexity index is 604. The monoisotopic (exact) mass is 260 g/mol. The van der Waals surface area contributed by atoms with Gasteiger partial charge < -0.3 is 14.6 Å². The number of benzene rings is 2. The van der Waals surface area contributed by atoms with Crippen molar-refractivity contribution in [1.82, 2.24) is 0 Å². The quantitative estimate of drug-likeness (QED) is 0.662. The predicted octanol–water partition coefficient (Wildman–Crippen LogP) is 3.22. The molecule has 0 aliphatic heterocycles. The highest BCUT2D eigenvalue weighted by Gasteiger charge is 2.08. The summed E-state index contributed by atoms with van der Waals surface area (Å²) in [7, 11) is 0. The van der Waals surface area contributed by atoms with Gasteiger partial charge in [0, 0.05) is 6.61 Å². The third-order valence-electron chi connectivity index (χ3n) is 2.99. The van der Waals surface area contributed by atoms with E-state index in [1.165, 1.54) is 0 Å². The summed E-state index contributed by atoms with van der Waals surface area (Å²) in [4.78, 5) is 10.9. The van der Waals surface area contributed by atoms with Crippen LogP contribution in [0.2, 0.25) is 0 Å². The molecule has 0 saturated carbocycles. The van der Waals surface area contributed by atoms with E-state index in [9.17, 15) is 4.79 Å². The third-order valence-corrected chi connectivity index (χ3v) is 2.99. The molecular weight excluding hydrogens is 244 g/mol. The Morgan fingerprint density at radius 1 is 1.26 bits per heavy atom. The lowest BCUT2D eigenvalue weighted by Crippen LogP contribution is -2.03. The Morgan fingerprint density at radius 3 is 2.74 bits per heavy atom. The van der Waals surface area contributed by atoms with Crippen molar-refractivity contribution >= 4 is 16.7 Å².